The van der Waals surface area contributed by atoms with E-state index in [0.717, 1.165) is 0 Å². The molecule has 2 N–H and O–H groups in total. The summed E-state index contributed by atoms with van der Waals surface area (Å²) < 4.78 is 10.1. The van der Waals surface area contributed by atoms with E-state index in [1.165, 1.54) is 18.2 Å². The van der Waals surface area contributed by atoms with Crippen LogP contribution in [-0.2, 0) is 9.53 Å². The van der Waals surface area contributed by atoms with Gasteiger partial charge in [0.1, 0.15) is 5.75 Å². The molecule has 6 nitrogen and oxygen atoms in total. The van der Waals surface area contributed by atoms with Gasteiger partial charge in [0.25, 0.3) is 5.91 Å². The van der Waals surface area contributed by atoms with Crippen LogP contribution in [-0.4, -0.2) is 30.9 Å². The number of carbonyl (C=O) groups is 3. The zero-order chi connectivity index (χ0) is 17.5. The Balaban J connectivity index is 1.87. The number of ether oxygens (including phenoxy) is 2. The second kappa shape index (κ2) is 8.12. The van der Waals surface area contributed by atoms with E-state index in [0.29, 0.717) is 0 Å². The van der Waals surface area contributed by atoms with Gasteiger partial charge in [-0.05, 0) is 24.3 Å². The van der Waals surface area contributed by atoms with Crippen molar-refractivity contribution in [3.05, 3.63) is 64.7 Å². The third-order valence-electron chi connectivity index (χ3n) is 3.04. The number of halogens is 1. The molecule has 0 bridgehead atoms. The van der Waals surface area contributed by atoms with Crippen LogP contribution in [0, 0.1) is 0 Å². The molecule has 0 atom stereocenters. The largest absolute Gasteiger partial charge is 0.481 e. The fourth-order valence-electron chi connectivity index (χ4n) is 1.89. The fourth-order valence-corrected chi connectivity index (χ4v) is 2.13. The number of carbonyl (C=O) groups excluding carboxylic acids is 3. The van der Waals surface area contributed by atoms with E-state index in [4.69, 9.17) is 26.8 Å². The molecule has 0 aromatic heterocycles. The third kappa shape index (κ3) is 4.57. The highest BCUT2D eigenvalue weighted by molar-refractivity contribution is 6.34. The van der Waals surface area contributed by atoms with E-state index < -0.39 is 30.9 Å². The van der Waals surface area contributed by atoms with Gasteiger partial charge in [-0.25, -0.2) is 4.79 Å². The summed E-state index contributed by atoms with van der Waals surface area (Å²) >= 11 is 5.89. The van der Waals surface area contributed by atoms with Gasteiger partial charge in [0.15, 0.2) is 13.2 Å². The molecule has 0 unspecified atom stereocenters. The molecule has 0 radical (unpaired) electrons. The first-order valence-corrected chi connectivity index (χ1v) is 7.32. The summed E-state index contributed by atoms with van der Waals surface area (Å²) in [5.74, 6) is -1.69. The first-order chi connectivity index (χ1) is 11.5. The van der Waals surface area contributed by atoms with Crippen LogP contribution in [0.2, 0.25) is 5.02 Å². The molecule has 2 rings (SSSR count). The van der Waals surface area contributed by atoms with Gasteiger partial charge in [0, 0.05) is 5.56 Å². The van der Waals surface area contributed by atoms with Gasteiger partial charge in [-0.1, -0.05) is 35.9 Å². The Bertz CT molecular complexity index is 775. The molecule has 7 heteroatoms. The number of hydrogen-bond donors (Lipinski definition) is 1. The van der Waals surface area contributed by atoms with Crippen molar-refractivity contribution in [3.63, 3.8) is 0 Å². The van der Waals surface area contributed by atoms with Crippen molar-refractivity contribution in [1.82, 2.24) is 0 Å². The lowest BCUT2D eigenvalue weighted by Gasteiger charge is -2.09. The first kappa shape index (κ1) is 17.5. The maximum absolute atomic E-state index is 11.9. The van der Waals surface area contributed by atoms with Gasteiger partial charge in [0.05, 0.1) is 10.6 Å². The van der Waals surface area contributed by atoms with E-state index in [2.05, 4.69) is 0 Å². The molecule has 0 fully saturated rings. The third-order valence-corrected chi connectivity index (χ3v) is 3.37. The summed E-state index contributed by atoms with van der Waals surface area (Å²) in [6.45, 7) is -0.913. The van der Waals surface area contributed by atoms with Crippen molar-refractivity contribution in [2.24, 2.45) is 5.73 Å². The Kier molecular flexibility index (Phi) is 5.92. The number of nitrogens with two attached hydrogens (primary N) is 1. The number of ketones is 1. The number of amides is 1. The normalized spacial score (nSPS) is 10.0. The quantitative estimate of drug-likeness (QED) is 0.612. The molecule has 24 heavy (non-hydrogen) atoms. The number of Topliss-reactive ketones (excluding diaryl/α,β-unsaturated/α-hetero) is 1. The molecular formula is C17H14ClNO5. The standard InChI is InChI=1S/C17H14ClNO5/c18-13-7-3-1-5-11(13)14(20)9-24-16(21)10-23-15-8-4-2-6-12(15)17(19)22/h1-8H,9-10H2,(H2,19,22). The Morgan fingerprint density at radius 2 is 1.54 bits per heavy atom. The van der Waals surface area contributed by atoms with Crippen molar-refractivity contribution in [1.29, 1.82) is 0 Å². The van der Waals surface area contributed by atoms with E-state index >= 15 is 0 Å². The maximum Gasteiger partial charge on any atom is 0.344 e. The lowest BCUT2D eigenvalue weighted by atomic mass is 10.1. The minimum Gasteiger partial charge on any atom is -0.481 e. The monoisotopic (exact) mass is 347 g/mol. The van der Waals surface area contributed by atoms with Gasteiger partial charge in [-0.15, -0.1) is 0 Å². The van der Waals surface area contributed by atoms with Crippen LogP contribution in [0.4, 0.5) is 0 Å². The topological polar surface area (TPSA) is 95.7 Å². The molecule has 124 valence electrons. The lowest BCUT2D eigenvalue weighted by Crippen LogP contribution is -2.21. The summed E-state index contributed by atoms with van der Waals surface area (Å²) in [6, 6.07) is 12.7. The Morgan fingerprint density at radius 3 is 2.21 bits per heavy atom. The Labute approximate surface area is 143 Å². The van der Waals surface area contributed by atoms with E-state index in [1.54, 1.807) is 30.3 Å². The molecule has 0 aliphatic rings. The predicted molar refractivity (Wildman–Crippen MR) is 87.2 cm³/mol. The smallest absolute Gasteiger partial charge is 0.344 e. The lowest BCUT2D eigenvalue weighted by molar-refractivity contribution is -0.144. The zero-order valence-corrected chi connectivity index (χ0v) is 13.3. The fraction of sp³-hybridized carbons (Fsp3) is 0.118. The predicted octanol–water partition coefficient (Wildman–Crippen LogP) is 2.24. The summed E-state index contributed by atoms with van der Waals surface area (Å²) in [6.07, 6.45) is 0. The van der Waals surface area contributed by atoms with Crippen LogP contribution < -0.4 is 10.5 Å². The molecular weight excluding hydrogens is 334 g/mol. The summed E-state index contributed by atoms with van der Waals surface area (Å²) in [5.41, 5.74) is 5.63. The Morgan fingerprint density at radius 1 is 0.917 bits per heavy atom. The highest BCUT2D eigenvalue weighted by Gasteiger charge is 2.14. The van der Waals surface area contributed by atoms with E-state index in [9.17, 15) is 14.4 Å². The van der Waals surface area contributed by atoms with Gasteiger partial charge in [-0.3, -0.25) is 9.59 Å². The zero-order valence-electron chi connectivity index (χ0n) is 12.5. The number of hydrogen-bond acceptors (Lipinski definition) is 5. The van der Waals surface area contributed by atoms with Crippen LogP contribution in [0.3, 0.4) is 0 Å². The minimum atomic E-state index is -0.755. The SMILES string of the molecule is NC(=O)c1ccccc1OCC(=O)OCC(=O)c1ccccc1Cl. The summed E-state index contributed by atoms with van der Waals surface area (Å²) in [5, 5.41) is 0.283. The van der Waals surface area contributed by atoms with Crippen LogP contribution in [0.25, 0.3) is 0 Å². The second-order valence-electron chi connectivity index (χ2n) is 4.71. The van der Waals surface area contributed by atoms with Gasteiger partial charge in [-0.2, -0.15) is 0 Å². The van der Waals surface area contributed by atoms with Crippen molar-refractivity contribution in [2.45, 2.75) is 0 Å². The average Bonchev–Trinajstić information content (AvgIpc) is 2.58. The van der Waals surface area contributed by atoms with Crippen LogP contribution >= 0.6 is 11.6 Å². The van der Waals surface area contributed by atoms with Gasteiger partial charge in [0.2, 0.25) is 5.78 Å². The molecule has 2 aromatic carbocycles. The molecule has 2 aromatic rings. The number of para-hydroxylation sites is 1. The highest BCUT2D eigenvalue weighted by Crippen LogP contribution is 2.17. The minimum absolute atomic E-state index is 0.150. The molecule has 0 spiro atoms. The van der Waals surface area contributed by atoms with Gasteiger partial charge < -0.3 is 15.2 Å². The molecule has 0 heterocycles. The molecule has 0 aliphatic carbocycles. The number of primary amides is 1. The maximum atomic E-state index is 11.9. The van der Waals surface area contributed by atoms with Crippen molar-refractivity contribution in [3.8, 4) is 5.75 Å². The van der Waals surface area contributed by atoms with E-state index in [-0.39, 0.29) is 21.9 Å². The molecule has 0 saturated heterocycles. The van der Waals surface area contributed by atoms with Crippen LogP contribution in [0.5, 0.6) is 5.75 Å². The van der Waals surface area contributed by atoms with Crippen LogP contribution in [0.1, 0.15) is 20.7 Å². The van der Waals surface area contributed by atoms with Gasteiger partial charge >= 0.3 is 5.97 Å². The van der Waals surface area contributed by atoms with Crippen molar-refractivity contribution in [2.75, 3.05) is 13.2 Å². The molecule has 0 saturated carbocycles. The number of rotatable bonds is 7. The first-order valence-electron chi connectivity index (χ1n) is 6.94. The Hall–Kier alpha value is -2.86. The summed E-state index contributed by atoms with van der Waals surface area (Å²) in [7, 11) is 0. The summed E-state index contributed by atoms with van der Waals surface area (Å²) in [4.78, 5) is 34.8. The van der Waals surface area contributed by atoms with Crippen molar-refractivity contribution >= 4 is 29.3 Å². The van der Waals surface area contributed by atoms with E-state index in [1.807, 2.05) is 0 Å². The van der Waals surface area contributed by atoms with Crippen molar-refractivity contribution < 1.29 is 23.9 Å². The number of benzene rings is 2. The highest BCUT2D eigenvalue weighted by atomic mass is 35.5. The number of esters is 1. The molecule has 0 aliphatic heterocycles. The van der Waals surface area contributed by atoms with Crippen LogP contribution in [0.15, 0.2) is 48.5 Å². The second-order valence-corrected chi connectivity index (χ2v) is 5.12. The molecule has 1 amide bonds. The average molecular weight is 348 g/mol.